The lowest BCUT2D eigenvalue weighted by Gasteiger charge is -1.92. The van der Waals surface area contributed by atoms with Gasteiger partial charge in [0.2, 0.25) is 15.9 Å². The Labute approximate surface area is 76.2 Å². The van der Waals surface area contributed by atoms with Crippen LogP contribution in [0.2, 0.25) is 0 Å². The van der Waals surface area contributed by atoms with Gasteiger partial charge >= 0.3 is 0 Å². The van der Waals surface area contributed by atoms with Crippen molar-refractivity contribution in [3.63, 3.8) is 0 Å². The van der Waals surface area contributed by atoms with Gasteiger partial charge in [-0.2, -0.15) is 4.98 Å². The molecular weight excluding hydrogens is 194 g/mol. The van der Waals surface area contributed by atoms with Crippen molar-refractivity contribution in [1.82, 2.24) is 10.1 Å². The number of sulfonamides is 1. The molecule has 0 bridgehead atoms. The summed E-state index contributed by atoms with van der Waals surface area (Å²) in [5, 5.41) is 8.28. The van der Waals surface area contributed by atoms with E-state index >= 15 is 0 Å². The van der Waals surface area contributed by atoms with Crippen molar-refractivity contribution in [3.05, 3.63) is 11.7 Å². The summed E-state index contributed by atoms with van der Waals surface area (Å²) in [6.07, 6.45) is 0. The SMILES string of the molecule is CC(C)c1nc(CS(N)(=O)=O)no1. The summed E-state index contributed by atoms with van der Waals surface area (Å²) < 4.78 is 26.1. The Morgan fingerprint density at radius 2 is 2.15 bits per heavy atom. The lowest BCUT2D eigenvalue weighted by Crippen LogP contribution is -2.15. The number of hydrogen-bond acceptors (Lipinski definition) is 5. The van der Waals surface area contributed by atoms with E-state index in [9.17, 15) is 8.42 Å². The topological polar surface area (TPSA) is 99.1 Å². The lowest BCUT2D eigenvalue weighted by molar-refractivity contribution is 0.361. The first kappa shape index (κ1) is 10.1. The van der Waals surface area contributed by atoms with Crippen LogP contribution in [-0.4, -0.2) is 18.6 Å². The Bertz CT molecular complexity index is 382. The first-order valence-electron chi connectivity index (χ1n) is 3.71. The molecule has 0 saturated carbocycles. The molecule has 74 valence electrons. The summed E-state index contributed by atoms with van der Waals surface area (Å²) in [5.74, 6) is 0.218. The molecule has 0 aromatic carbocycles. The third kappa shape index (κ3) is 3.11. The summed E-state index contributed by atoms with van der Waals surface area (Å²) in [7, 11) is -3.57. The Hall–Kier alpha value is -0.950. The number of hydrogen-bond donors (Lipinski definition) is 1. The van der Waals surface area contributed by atoms with Gasteiger partial charge in [0.1, 0.15) is 5.75 Å². The molecule has 1 heterocycles. The number of rotatable bonds is 3. The molecule has 6 nitrogen and oxygen atoms in total. The van der Waals surface area contributed by atoms with Crippen molar-refractivity contribution < 1.29 is 12.9 Å². The number of primary sulfonamides is 1. The smallest absolute Gasteiger partial charge is 0.229 e. The second kappa shape index (κ2) is 3.43. The highest BCUT2D eigenvalue weighted by Gasteiger charge is 2.13. The summed E-state index contributed by atoms with van der Waals surface area (Å²) in [5.41, 5.74) is 0. The quantitative estimate of drug-likeness (QED) is 0.747. The molecule has 7 heteroatoms. The molecule has 1 aromatic rings. The third-order valence-electron chi connectivity index (χ3n) is 1.31. The molecule has 1 aromatic heterocycles. The molecule has 0 radical (unpaired) electrons. The monoisotopic (exact) mass is 205 g/mol. The van der Waals surface area contributed by atoms with Crippen LogP contribution < -0.4 is 5.14 Å². The molecule has 1 rings (SSSR count). The Kier molecular flexibility index (Phi) is 2.67. The zero-order valence-corrected chi connectivity index (χ0v) is 8.21. The molecule has 0 atom stereocenters. The van der Waals surface area contributed by atoms with Crippen molar-refractivity contribution in [1.29, 1.82) is 0 Å². The number of aromatic nitrogens is 2. The van der Waals surface area contributed by atoms with E-state index in [1.807, 2.05) is 13.8 Å². The van der Waals surface area contributed by atoms with Gasteiger partial charge in [0.15, 0.2) is 5.82 Å². The van der Waals surface area contributed by atoms with Crippen molar-refractivity contribution >= 4 is 10.0 Å². The molecule has 13 heavy (non-hydrogen) atoms. The molecule has 0 unspecified atom stereocenters. The fourth-order valence-electron chi connectivity index (χ4n) is 0.741. The van der Waals surface area contributed by atoms with E-state index < -0.39 is 10.0 Å². The second-order valence-corrected chi connectivity index (χ2v) is 4.63. The van der Waals surface area contributed by atoms with Crippen molar-refractivity contribution in [2.75, 3.05) is 0 Å². The summed E-state index contributed by atoms with van der Waals surface area (Å²) >= 11 is 0. The lowest BCUT2D eigenvalue weighted by atomic mass is 10.2. The van der Waals surface area contributed by atoms with Crippen LogP contribution in [0.5, 0.6) is 0 Å². The van der Waals surface area contributed by atoms with Crippen LogP contribution in [0.15, 0.2) is 4.52 Å². The average molecular weight is 205 g/mol. The van der Waals surface area contributed by atoms with Gasteiger partial charge in [-0.25, -0.2) is 13.6 Å². The fourth-order valence-corrected chi connectivity index (χ4v) is 1.22. The van der Waals surface area contributed by atoms with E-state index in [0.29, 0.717) is 5.89 Å². The van der Waals surface area contributed by atoms with E-state index in [-0.39, 0.29) is 17.5 Å². The van der Waals surface area contributed by atoms with Crippen LogP contribution in [0.3, 0.4) is 0 Å². The first-order valence-corrected chi connectivity index (χ1v) is 5.43. The average Bonchev–Trinajstić information content (AvgIpc) is 2.31. The second-order valence-electron chi connectivity index (χ2n) is 3.01. The van der Waals surface area contributed by atoms with Gasteiger partial charge in [0.05, 0.1) is 0 Å². The van der Waals surface area contributed by atoms with E-state index in [0.717, 1.165) is 0 Å². The predicted octanol–water partition coefficient (Wildman–Crippen LogP) is -0.0185. The van der Waals surface area contributed by atoms with E-state index in [4.69, 9.17) is 9.66 Å². The zero-order valence-electron chi connectivity index (χ0n) is 7.39. The van der Waals surface area contributed by atoms with Crippen molar-refractivity contribution in [3.8, 4) is 0 Å². The van der Waals surface area contributed by atoms with Gasteiger partial charge in [-0.1, -0.05) is 19.0 Å². The van der Waals surface area contributed by atoms with Crippen LogP contribution in [0, 0.1) is 0 Å². The fraction of sp³-hybridized carbons (Fsp3) is 0.667. The van der Waals surface area contributed by atoms with E-state index in [2.05, 4.69) is 10.1 Å². The highest BCUT2D eigenvalue weighted by atomic mass is 32.2. The van der Waals surface area contributed by atoms with Gasteiger partial charge in [0, 0.05) is 5.92 Å². The minimum absolute atomic E-state index is 0.0849. The summed E-state index contributed by atoms with van der Waals surface area (Å²) in [6.45, 7) is 3.74. The maximum absolute atomic E-state index is 10.6. The largest absolute Gasteiger partial charge is 0.339 e. The van der Waals surface area contributed by atoms with Gasteiger partial charge in [-0.15, -0.1) is 0 Å². The third-order valence-corrected chi connectivity index (χ3v) is 1.97. The van der Waals surface area contributed by atoms with Gasteiger partial charge in [-0.05, 0) is 0 Å². The van der Waals surface area contributed by atoms with Crippen LogP contribution >= 0.6 is 0 Å². The number of nitrogens with two attached hydrogens (primary N) is 1. The van der Waals surface area contributed by atoms with Gasteiger partial charge < -0.3 is 4.52 Å². The Morgan fingerprint density at radius 3 is 2.54 bits per heavy atom. The predicted molar refractivity (Wildman–Crippen MR) is 45.2 cm³/mol. The Morgan fingerprint density at radius 1 is 1.54 bits per heavy atom. The molecular formula is C6H11N3O3S. The maximum atomic E-state index is 10.6. The van der Waals surface area contributed by atoms with Crippen molar-refractivity contribution in [2.45, 2.75) is 25.5 Å². The zero-order chi connectivity index (χ0) is 10.1. The highest BCUT2D eigenvalue weighted by Crippen LogP contribution is 2.11. The molecule has 0 aliphatic heterocycles. The summed E-state index contributed by atoms with van der Waals surface area (Å²) in [6, 6.07) is 0. The van der Waals surface area contributed by atoms with Gasteiger partial charge in [-0.3, -0.25) is 0 Å². The van der Waals surface area contributed by atoms with Crippen LogP contribution in [0.25, 0.3) is 0 Å². The maximum Gasteiger partial charge on any atom is 0.229 e. The molecule has 0 fully saturated rings. The van der Waals surface area contributed by atoms with Crippen LogP contribution in [0.1, 0.15) is 31.5 Å². The standard InChI is InChI=1S/C6H11N3O3S/c1-4(2)6-8-5(9-12-6)3-13(7,10)11/h4H,3H2,1-2H3,(H2,7,10,11). The first-order chi connectivity index (χ1) is 5.88. The molecule has 0 saturated heterocycles. The molecule has 0 aliphatic carbocycles. The highest BCUT2D eigenvalue weighted by molar-refractivity contribution is 7.88. The van der Waals surface area contributed by atoms with Crippen molar-refractivity contribution in [2.24, 2.45) is 5.14 Å². The molecule has 0 spiro atoms. The van der Waals surface area contributed by atoms with Gasteiger partial charge in [0.25, 0.3) is 0 Å². The van der Waals surface area contributed by atoms with E-state index in [1.54, 1.807) is 0 Å². The minimum atomic E-state index is -3.57. The van der Waals surface area contributed by atoms with Crippen LogP contribution in [-0.2, 0) is 15.8 Å². The summed E-state index contributed by atoms with van der Waals surface area (Å²) in [4.78, 5) is 3.86. The number of nitrogens with zero attached hydrogens (tertiary/aromatic N) is 2. The minimum Gasteiger partial charge on any atom is -0.339 e. The normalized spacial score (nSPS) is 12.3. The molecule has 2 N–H and O–H groups in total. The molecule has 0 aliphatic rings. The Balaban J connectivity index is 2.81. The molecule has 0 amide bonds. The van der Waals surface area contributed by atoms with Crippen LogP contribution in [0.4, 0.5) is 0 Å². The van der Waals surface area contributed by atoms with E-state index in [1.165, 1.54) is 0 Å².